The molecule has 0 aliphatic carbocycles. The summed E-state index contributed by atoms with van der Waals surface area (Å²) in [5.41, 5.74) is 0. The molecule has 2 heteroatoms. The van der Waals surface area contributed by atoms with Gasteiger partial charge in [0.05, 0.1) is 0 Å². The van der Waals surface area contributed by atoms with Gasteiger partial charge in [-0.2, -0.15) is 0 Å². The minimum atomic E-state index is -0.649. The van der Waals surface area contributed by atoms with Gasteiger partial charge in [-0.3, -0.25) is 0 Å². The molecule has 15 heavy (non-hydrogen) atoms. The molecule has 0 heterocycles. The van der Waals surface area contributed by atoms with Gasteiger partial charge in [-0.1, -0.05) is 37.3 Å². The largest absolute Gasteiger partial charge is 0.381 e. The Bertz CT molecular complexity index is 220. The number of hydrogen-bond donors (Lipinski definition) is 2. The monoisotopic (exact) mass is 210 g/mol. The topological polar surface area (TPSA) is 40.5 Å². The van der Waals surface area contributed by atoms with E-state index in [-0.39, 0.29) is 0 Å². The summed E-state index contributed by atoms with van der Waals surface area (Å²) in [6.07, 6.45) is 8.00. The first kappa shape index (κ1) is 14.2. The summed E-state index contributed by atoms with van der Waals surface area (Å²) < 4.78 is 0. The summed E-state index contributed by atoms with van der Waals surface area (Å²) in [6, 6.07) is 0. The van der Waals surface area contributed by atoms with Crippen molar-refractivity contribution < 1.29 is 10.2 Å². The molecule has 0 saturated heterocycles. The molecule has 2 unspecified atom stereocenters. The van der Waals surface area contributed by atoms with E-state index >= 15 is 0 Å². The van der Waals surface area contributed by atoms with Gasteiger partial charge in [0.25, 0.3) is 0 Å². The Morgan fingerprint density at radius 1 is 1.13 bits per heavy atom. The number of aliphatic hydroxyl groups is 2. The molecular weight excluding hydrogens is 188 g/mol. The van der Waals surface area contributed by atoms with Gasteiger partial charge < -0.3 is 10.2 Å². The van der Waals surface area contributed by atoms with Crippen molar-refractivity contribution in [2.24, 2.45) is 0 Å². The Balaban J connectivity index is 3.48. The Morgan fingerprint density at radius 2 is 1.80 bits per heavy atom. The lowest BCUT2D eigenvalue weighted by atomic mass is 10.1. The molecule has 0 spiro atoms. The first-order valence-corrected chi connectivity index (χ1v) is 5.69. The van der Waals surface area contributed by atoms with E-state index in [1.807, 2.05) is 0 Å². The van der Waals surface area contributed by atoms with Crippen molar-refractivity contribution in [1.29, 1.82) is 0 Å². The van der Waals surface area contributed by atoms with Crippen molar-refractivity contribution in [3.63, 3.8) is 0 Å². The maximum atomic E-state index is 9.39. The average molecular weight is 210 g/mol. The van der Waals surface area contributed by atoms with Crippen LogP contribution in [0.5, 0.6) is 0 Å². The minimum absolute atomic E-state index is 0.598. The standard InChI is InChI=1S/C13H22O2/c1-3-4-5-6-7-8-9-13(15)11-10-12(2)14/h5-6,12-15H,3-4,7-9H2,1-2H3. The number of rotatable bonds is 6. The van der Waals surface area contributed by atoms with Crippen LogP contribution in [0, 0.1) is 11.8 Å². The zero-order chi connectivity index (χ0) is 11.5. The lowest BCUT2D eigenvalue weighted by Crippen LogP contribution is -2.04. The molecule has 2 nitrogen and oxygen atoms in total. The molecule has 0 saturated carbocycles. The first-order chi connectivity index (χ1) is 7.16. The maximum Gasteiger partial charge on any atom is 0.114 e. The normalized spacial score (nSPS) is 14.7. The lowest BCUT2D eigenvalue weighted by Gasteiger charge is -2.00. The third kappa shape index (κ3) is 11.1. The van der Waals surface area contributed by atoms with E-state index < -0.39 is 12.2 Å². The van der Waals surface area contributed by atoms with Gasteiger partial charge >= 0.3 is 0 Å². The van der Waals surface area contributed by atoms with E-state index in [1.165, 1.54) is 6.42 Å². The van der Waals surface area contributed by atoms with Gasteiger partial charge in [-0.25, -0.2) is 0 Å². The molecule has 0 aliphatic rings. The number of unbranched alkanes of at least 4 members (excludes halogenated alkanes) is 2. The molecule has 0 fully saturated rings. The molecule has 2 N–H and O–H groups in total. The summed E-state index contributed by atoms with van der Waals surface area (Å²) in [4.78, 5) is 0. The Morgan fingerprint density at radius 3 is 2.40 bits per heavy atom. The lowest BCUT2D eigenvalue weighted by molar-refractivity contribution is 0.216. The van der Waals surface area contributed by atoms with E-state index in [0.29, 0.717) is 6.42 Å². The zero-order valence-electron chi connectivity index (χ0n) is 9.74. The van der Waals surface area contributed by atoms with E-state index in [9.17, 15) is 5.11 Å². The predicted molar refractivity (Wildman–Crippen MR) is 63.4 cm³/mol. The zero-order valence-corrected chi connectivity index (χ0v) is 9.74. The van der Waals surface area contributed by atoms with Crippen LogP contribution >= 0.6 is 0 Å². The SMILES string of the molecule is CCCC=CCCCC(O)C#CC(C)O. The first-order valence-electron chi connectivity index (χ1n) is 5.69. The summed E-state index contributed by atoms with van der Waals surface area (Å²) in [5.74, 6) is 5.16. The third-order valence-corrected chi connectivity index (χ3v) is 1.93. The highest BCUT2D eigenvalue weighted by Gasteiger charge is 1.97. The van der Waals surface area contributed by atoms with Crippen molar-refractivity contribution in [2.75, 3.05) is 0 Å². The van der Waals surface area contributed by atoms with E-state index in [1.54, 1.807) is 6.92 Å². The average Bonchev–Trinajstić information content (AvgIpc) is 2.20. The van der Waals surface area contributed by atoms with Crippen LogP contribution < -0.4 is 0 Å². The molecule has 0 aromatic carbocycles. The van der Waals surface area contributed by atoms with Crippen LogP contribution in [0.4, 0.5) is 0 Å². The molecule has 2 atom stereocenters. The second kappa shape index (κ2) is 9.76. The van der Waals surface area contributed by atoms with E-state index in [0.717, 1.165) is 19.3 Å². The molecule has 0 aliphatic heterocycles. The summed E-state index contributed by atoms with van der Waals surface area (Å²) in [6.45, 7) is 3.74. The quantitative estimate of drug-likeness (QED) is 0.401. The maximum absolute atomic E-state index is 9.39. The van der Waals surface area contributed by atoms with Crippen molar-refractivity contribution in [3.05, 3.63) is 12.2 Å². The highest BCUT2D eigenvalue weighted by atomic mass is 16.3. The number of allylic oxidation sites excluding steroid dienone is 2. The second-order valence-corrected chi connectivity index (χ2v) is 3.67. The molecule has 0 amide bonds. The van der Waals surface area contributed by atoms with Crippen molar-refractivity contribution >= 4 is 0 Å². The molecular formula is C13H22O2. The fraction of sp³-hybridized carbons (Fsp3) is 0.692. The predicted octanol–water partition coefficient (Wildman–Crippen LogP) is 2.26. The van der Waals surface area contributed by atoms with Crippen LogP contribution in [0.2, 0.25) is 0 Å². The number of aliphatic hydroxyl groups excluding tert-OH is 2. The highest BCUT2D eigenvalue weighted by molar-refractivity contribution is 5.07. The minimum Gasteiger partial charge on any atom is -0.381 e. The van der Waals surface area contributed by atoms with Crippen LogP contribution in [0.25, 0.3) is 0 Å². The Kier molecular flexibility index (Phi) is 9.26. The van der Waals surface area contributed by atoms with Crippen LogP contribution in [0.15, 0.2) is 12.2 Å². The van der Waals surface area contributed by atoms with Crippen LogP contribution in [0.3, 0.4) is 0 Å². The Labute approximate surface area is 93.0 Å². The third-order valence-electron chi connectivity index (χ3n) is 1.93. The van der Waals surface area contributed by atoms with Gasteiger partial charge in [-0.15, -0.1) is 0 Å². The van der Waals surface area contributed by atoms with Gasteiger partial charge in [0, 0.05) is 0 Å². The van der Waals surface area contributed by atoms with Crippen molar-refractivity contribution in [2.45, 2.75) is 58.2 Å². The van der Waals surface area contributed by atoms with Gasteiger partial charge in [-0.05, 0) is 32.6 Å². The molecule has 0 rings (SSSR count). The Hall–Kier alpha value is -0.780. The molecule has 0 radical (unpaired) electrons. The fourth-order valence-corrected chi connectivity index (χ4v) is 1.12. The summed E-state index contributed by atoms with van der Waals surface area (Å²) in [7, 11) is 0. The molecule has 86 valence electrons. The molecule has 0 aromatic heterocycles. The van der Waals surface area contributed by atoms with Gasteiger partial charge in [0.15, 0.2) is 0 Å². The molecule has 0 bridgehead atoms. The van der Waals surface area contributed by atoms with E-state index in [4.69, 9.17) is 5.11 Å². The summed E-state index contributed by atoms with van der Waals surface area (Å²) in [5, 5.41) is 18.3. The van der Waals surface area contributed by atoms with Crippen molar-refractivity contribution in [3.8, 4) is 11.8 Å². The summed E-state index contributed by atoms with van der Waals surface area (Å²) >= 11 is 0. The van der Waals surface area contributed by atoms with E-state index in [2.05, 4.69) is 30.9 Å². The van der Waals surface area contributed by atoms with Crippen LogP contribution in [0.1, 0.15) is 46.0 Å². The van der Waals surface area contributed by atoms with Crippen LogP contribution in [-0.4, -0.2) is 22.4 Å². The van der Waals surface area contributed by atoms with Gasteiger partial charge in [0.1, 0.15) is 12.2 Å². The van der Waals surface area contributed by atoms with Crippen molar-refractivity contribution in [1.82, 2.24) is 0 Å². The van der Waals surface area contributed by atoms with Gasteiger partial charge in [0.2, 0.25) is 0 Å². The smallest absolute Gasteiger partial charge is 0.114 e. The second-order valence-electron chi connectivity index (χ2n) is 3.67. The number of hydrogen-bond acceptors (Lipinski definition) is 2. The highest BCUT2D eigenvalue weighted by Crippen LogP contribution is 2.02. The van der Waals surface area contributed by atoms with Crippen LogP contribution in [-0.2, 0) is 0 Å². The fourth-order valence-electron chi connectivity index (χ4n) is 1.12. The molecule has 0 aromatic rings.